The molecular formula is C9H12F2. The first-order chi connectivity index (χ1) is 5.00. The van der Waals surface area contributed by atoms with Crippen molar-refractivity contribution in [1.29, 1.82) is 0 Å². The Kier molecular flexibility index (Phi) is 3.72. The first kappa shape index (κ1) is 10.1. The van der Waals surface area contributed by atoms with E-state index in [2.05, 4.69) is 13.2 Å². The molecule has 0 N–H and O–H groups in total. The van der Waals surface area contributed by atoms with Gasteiger partial charge in [-0.15, -0.1) is 0 Å². The molecule has 0 fully saturated rings. The zero-order chi connectivity index (χ0) is 9.02. The highest BCUT2D eigenvalue weighted by atomic mass is 19.2. The molecule has 62 valence electrons. The van der Waals surface area contributed by atoms with E-state index in [0.717, 1.165) is 0 Å². The van der Waals surface area contributed by atoms with E-state index in [1.807, 2.05) is 0 Å². The highest BCUT2D eigenvalue weighted by Crippen LogP contribution is 2.22. The monoisotopic (exact) mass is 158 g/mol. The maximum absolute atomic E-state index is 12.8. The molecule has 0 aliphatic heterocycles. The SMILES string of the molecule is C=C(C)/C(F)=C(/F)C(=C)CC. The van der Waals surface area contributed by atoms with Crippen molar-refractivity contribution in [2.24, 2.45) is 0 Å². The van der Waals surface area contributed by atoms with Crippen LogP contribution < -0.4 is 0 Å². The number of halogens is 2. The first-order valence-corrected chi connectivity index (χ1v) is 3.40. The van der Waals surface area contributed by atoms with Gasteiger partial charge in [0.15, 0.2) is 11.7 Å². The van der Waals surface area contributed by atoms with Crippen LogP contribution in [0.3, 0.4) is 0 Å². The van der Waals surface area contributed by atoms with E-state index in [1.54, 1.807) is 6.92 Å². The highest BCUT2D eigenvalue weighted by molar-refractivity contribution is 5.33. The van der Waals surface area contributed by atoms with Crippen molar-refractivity contribution in [2.45, 2.75) is 20.3 Å². The van der Waals surface area contributed by atoms with Gasteiger partial charge in [0.05, 0.1) is 0 Å². The normalized spacial score (nSPS) is 12.4. The largest absolute Gasteiger partial charge is 0.203 e. The maximum atomic E-state index is 12.8. The Labute approximate surface area is 65.9 Å². The van der Waals surface area contributed by atoms with Crippen LogP contribution in [0.5, 0.6) is 0 Å². The number of allylic oxidation sites excluding steroid dienone is 4. The molecule has 0 radical (unpaired) electrons. The minimum absolute atomic E-state index is 0.0945. The summed E-state index contributed by atoms with van der Waals surface area (Å²) in [4.78, 5) is 0. The Balaban J connectivity index is 4.66. The molecule has 0 aliphatic rings. The van der Waals surface area contributed by atoms with Crippen LogP contribution in [0, 0.1) is 0 Å². The third kappa shape index (κ3) is 2.66. The summed E-state index contributed by atoms with van der Waals surface area (Å²) >= 11 is 0. The van der Waals surface area contributed by atoms with Crippen molar-refractivity contribution in [3.05, 3.63) is 36.0 Å². The summed E-state index contributed by atoms with van der Waals surface area (Å²) in [5.74, 6) is -1.77. The smallest absolute Gasteiger partial charge is 0.161 e. The topological polar surface area (TPSA) is 0 Å². The van der Waals surface area contributed by atoms with Gasteiger partial charge in [0.2, 0.25) is 0 Å². The van der Waals surface area contributed by atoms with E-state index >= 15 is 0 Å². The number of hydrogen-bond donors (Lipinski definition) is 0. The zero-order valence-corrected chi connectivity index (χ0v) is 6.88. The minimum atomic E-state index is -0.892. The van der Waals surface area contributed by atoms with Crippen LogP contribution >= 0.6 is 0 Å². The molecule has 0 amide bonds. The van der Waals surface area contributed by atoms with Gasteiger partial charge >= 0.3 is 0 Å². The van der Waals surface area contributed by atoms with Crippen LogP contribution in [-0.4, -0.2) is 0 Å². The number of rotatable bonds is 3. The van der Waals surface area contributed by atoms with Crippen LogP contribution in [-0.2, 0) is 0 Å². The molecular weight excluding hydrogens is 146 g/mol. The van der Waals surface area contributed by atoms with Crippen LogP contribution in [0.25, 0.3) is 0 Å². The summed E-state index contributed by atoms with van der Waals surface area (Å²) in [6, 6.07) is 0. The Morgan fingerprint density at radius 2 is 1.64 bits per heavy atom. The minimum Gasteiger partial charge on any atom is -0.203 e. The lowest BCUT2D eigenvalue weighted by atomic mass is 10.1. The Bertz CT molecular complexity index is 212. The summed E-state index contributed by atoms with van der Waals surface area (Å²) in [5.41, 5.74) is 0.266. The van der Waals surface area contributed by atoms with Crippen molar-refractivity contribution in [3.8, 4) is 0 Å². The molecule has 0 heterocycles. The van der Waals surface area contributed by atoms with Crippen LogP contribution in [0.15, 0.2) is 36.0 Å². The van der Waals surface area contributed by atoms with Gasteiger partial charge in [0.1, 0.15) is 0 Å². The summed E-state index contributed by atoms with van der Waals surface area (Å²) in [5, 5.41) is 0. The molecule has 11 heavy (non-hydrogen) atoms. The number of hydrogen-bond acceptors (Lipinski definition) is 0. The fraction of sp³-hybridized carbons (Fsp3) is 0.333. The zero-order valence-electron chi connectivity index (χ0n) is 6.88. The van der Waals surface area contributed by atoms with Crippen molar-refractivity contribution in [1.82, 2.24) is 0 Å². The van der Waals surface area contributed by atoms with E-state index in [1.165, 1.54) is 6.92 Å². The van der Waals surface area contributed by atoms with E-state index < -0.39 is 11.7 Å². The van der Waals surface area contributed by atoms with Crippen molar-refractivity contribution in [2.75, 3.05) is 0 Å². The summed E-state index contributed by atoms with van der Waals surface area (Å²) in [6.45, 7) is 9.77. The molecule has 0 aromatic carbocycles. The fourth-order valence-electron chi connectivity index (χ4n) is 0.498. The van der Waals surface area contributed by atoms with Crippen LogP contribution in [0.4, 0.5) is 8.78 Å². The molecule has 0 bridgehead atoms. The molecule has 0 rings (SSSR count). The Morgan fingerprint density at radius 3 is 1.91 bits per heavy atom. The lowest BCUT2D eigenvalue weighted by Gasteiger charge is -2.00. The predicted octanol–water partition coefficient (Wildman–Crippen LogP) is 3.68. The standard InChI is InChI=1S/C9H12F2/c1-5-7(4)9(11)8(10)6(2)3/h2,4-5H2,1,3H3/b9-8-. The van der Waals surface area contributed by atoms with Gasteiger partial charge in [-0.1, -0.05) is 20.1 Å². The third-order valence-electron chi connectivity index (χ3n) is 1.30. The van der Waals surface area contributed by atoms with E-state index in [-0.39, 0.29) is 11.1 Å². The summed E-state index contributed by atoms with van der Waals surface area (Å²) < 4.78 is 25.5. The van der Waals surface area contributed by atoms with Gasteiger partial charge in [0.25, 0.3) is 0 Å². The average molecular weight is 158 g/mol. The van der Waals surface area contributed by atoms with Crippen molar-refractivity contribution >= 4 is 0 Å². The molecule has 0 saturated heterocycles. The second-order valence-corrected chi connectivity index (χ2v) is 2.37. The van der Waals surface area contributed by atoms with Gasteiger partial charge in [-0.25, -0.2) is 8.78 Å². The van der Waals surface area contributed by atoms with Crippen molar-refractivity contribution < 1.29 is 8.78 Å². The maximum Gasteiger partial charge on any atom is 0.161 e. The van der Waals surface area contributed by atoms with Gasteiger partial charge in [-0.2, -0.15) is 0 Å². The van der Waals surface area contributed by atoms with Gasteiger partial charge in [-0.3, -0.25) is 0 Å². The predicted molar refractivity (Wildman–Crippen MR) is 43.5 cm³/mol. The van der Waals surface area contributed by atoms with Crippen LogP contribution in [0.2, 0.25) is 0 Å². The molecule has 2 heteroatoms. The lowest BCUT2D eigenvalue weighted by Crippen LogP contribution is -1.85. The molecule has 0 saturated carbocycles. The second kappa shape index (κ2) is 4.06. The van der Waals surface area contributed by atoms with Crippen molar-refractivity contribution in [3.63, 3.8) is 0 Å². The third-order valence-corrected chi connectivity index (χ3v) is 1.30. The van der Waals surface area contributed by atoms with Gasteiger partial charge in [0, 0.05) is 0 Å². The fourth-order valence-corrected chi connectivity index (χ4v) is 0.498. The average Bonchev–Trinajstić information content (AvgIpc) is 2.00. The summed E-state index contributed by atoms with van der Waals surface area (Å²) in [7, 11) is 0. The van der Waals surface area contributed by atoms with Gasteiger partial charge < -0.3 is 0 Å². The van der Waals surface area contributed by atoms with Crippen LogP contribution in [0.1, 0.15) is 20.3 Å². The van der Waals surface area contributed by atoms with E-state index in [0.29, 0.717) is 6.42 Å². The molecule has 0 aromatic rings. The molecule has 0 unspecified atom stereocenters. The highest BCUT2D eigenvalue weighted by Gasteiger charge is 2.08. The Morgan fingerprint density at radius 1 is 1.18 bits per heavy atom. The summed E-state index contributed by atoms with van der Waals surface area (Å²) in [6.07, 6.45) is 0.409. The molecule has 0 aliphatic carbocycles. The van der Waals surface area contributed by atoms with E-state index in [4.69, 9.17) is 0 Å². The van der Waals surface area contributed by atoms with Gasteiger partial charge in [-0.05, 0) is 24.5 Å². The first-order valence-electron chi connectivity index (χ1n) is 3.40. The molecule has 0 aromatic heterocycles. The quantitative estimate of drug-likeness (QED) is 0.549. The Hall–Kier alpha value is -0.920. The van der Waals surface area contributed by atoms with E-state index in [9.17, 15) is 8.78 Å². The molecule has 0 nitrogen and oxygen atoms in total. The molecule has 0 atom stereocenters. The molecule has 0 spiro atoms. The second-order valence-electron chi connectivity index (χ2n) is 2.37. The lowest BCUT2D eigenvalue weighted by molar-refractivity contribution is 0.552.